The van der Waals surface area contributed by atoms with Gasteiger partial charge in [0.15, 0.2) is 5.96 Å². The Morgan fingerprint density at radius 1 is 1.21 bits per heavy atom. The van der Waals surface area contributed by atoms with E-state index in [-0.39, 0.29) is 18.0 Å². The number of hydrogen-bond donors (Lipinski definition) is 2. The van der Waals surface area contributed by atoms with Crippen molar-refractivity contribution in [2.24, 2.45) is 10.7 Å². The normalized spacial score (nSPS) is 16.2. The molecule has 7 heteroatoms. The van der Waals surface area contributed by atoms with E-state index in [1.54, 1.807) is 0 Å². The number of aliphatic imine (C=N–C) groups is 1. The molecule has 0 radical (unpaired) electrons. The number of halogens is 1. The smallest absolute Gasteiger partial charge is 0.244 e. The third kappa shape index (κ3) is 5.60. The summed E-state index contributed by atoms with van der Waals surface area (Å²) in [6.07, 6.45) is 0. The lowest BCUT2D eigenvalue weighted by Crippen LogP contribution is -2.50. The highest BCUT2D eigenvalue weighted by atomic mass is 35.5. The number of nitrogens with zero attached hydrogens (tertiary/aromatic N) is 3. The highest BCUT2D eigenvalue weighted by Crippen LogP contribution is 2.19. The van der Waals surface area contributed by atoms with Crippen LogP contribution >= 0.6 is 11.6 Å². The lowest BCUT2D eigenvalue weighted by molar-refractivity contribution is -0.129. The molecule has 0 aliphatic carbocycles. The summed E-state index contributed by atoms with van der Waals surface area (Å²) in [5, 5.41) is 3.78. The molecular formula is C17H26ClN5O. The first-order valence-corrected chi connectivity index (χ1v) is 8.49. The molecule has 24 heavy (non-hydrogen) atoms. The lowest BCUT2D eigenvalue weighted by atomic mass is 10.1. The van der Waals surface area contributed by atoms with Gasteiger partial charge in [-0.2, -0.15) is 0 Å². The van der Waals surface area contributed by atoms with Crippen molar-refractivity contribution >= 4 is 29.2 Å². The highest BCUT2D eigenvalue weighted by molar-refractivity contribution is 6.30. The molecule has 0 unspecified atom stereocenters. The number of piperazine rings is 1. The zero-order valence-electron chi connectivity index (χ0n) is 14.6. The molecule has 0 bridgehead atoms. The lowest BCUT2D eigenvalue weighted by Gasteiger charge is -2.36. The van der Waals surface area contributed by atoms with E-state index in [9.17, 15) is 4.79 Å². The summed E-state index contributed by atoms with van der Waals surface area (Å²) >= 11 is 5.92. The standard InChI is InChI=1S/C17H26ClN5O/c1-17(2,3)21-16(19)20-12-15(24)23-10-8-22(9-11-23)14-6-4-13(18)5-7-14/h4-7H,8-12H2,1-3H3,(H3,19,20,21). The van der Waals surface area contributed by atoms with Crippen LogP contribution in [-0.4, -0.2) is 55.0 Å². The Kier molecular flexibility index (Phi) is 5.94. The molecule has 0 saturated carbocycles. The number of benzene rings is 1. The first-order chi connectivity index (χ1) is 11.2. The van der Waals surface area contributed by atoms with Crippen molar-refractivity contribution in [3.8, 4) is 0 Å². The van der Waals surface area contributed by atoms with Crippen molar-refractivity contribution in [3.05, 3.63) is 29.3 Å². The van der Waals surface area contributed by atoms with Crippen LogP contribution in [-0.2, 0) is 4.79 Å². The van der Waals surface area contributed by atoms with Crippen LogP contribution in [0.2, 0.25) is 5.02 Å². The van der Waals surface area contributed by atoms with E-state index < -0.39 is 0 Å². The van der Waals surface area contributed by atoms with Crippen molar-refractivity contribution in [2.45, 2.75) is 26.3 Å². The number of nitrogens with two attached hydrogens (primary N) is 1. The predicted octanol–water partition coefficient (Wildman–Crippen LogP) is 1.69. The van der Waals surface area contributed by atoms with Crippen LogP contribution in [0.15, 0.2) is 29.3 Å². The minimum atomic E-state index is -0.166. The van der Waals surface area contributed by atoms with Gasteiger partial charge >= 0.3 is 0 Å². The Balaban J connectivity index is 1.82. The van der Waals surface area contributed by atoms with E-state index in [1.165, 1.54) is 0 Å². The van der Waals surface area contributed by atoms with Gasteiger partial charge in [-0.05, 0) is 45.0 Å². The third-order valence-electron chi connectivity index (χ3n) is 3.71. The predicted molar refractivity (Wildman–Crippen MR) is 99.6 cm³/mol. The summed E-state index contributed by atoms with van der Waals surface area (Å²) in [4.78, 5) is 20.5. The van der Waals surface area contributed by atoms with Crippen molar-refractivity contribution < 1.29 is 4.79 Å². The maximum Gasteiger partial charge on any atom is 0.244 e. The zero-order chi connectivity index (χ0) is 17.7. The molecule has 1 aliphatic heterocycles. The fourth-order valence-corrected chi connectivity index (χ4v) is 2.67. The van der Waals surface area contributed by atoms with Gasteiger partial charge in [-0.15, -0.1) is 0 Å². The van der Waals surface area contributed by atoms with Crippen molar-refractivity contribution in [3.63, 3.8) is 0 Å². The van der Waals surface area contributed by atoms with Gasteiger partial charge in [0.1, 0.15) is 6.54 Å². The summed E-state index contributed by atoms with van der Waals surface area (Å²) in [6, 6.07) is 7.77. The highest BCUT2D eigenvalue weighted by Gasteiger charge is 2.21. The van der Waals surface area contributed by atoms with E-state index in [0.29, 0.717) is 19.0 Å². The molecule has 1 aromatic carbocycles. The summed E-state index contributed by atoms with van der Waals surface area (Å²) in [5.74, 6) is 0.306. The summed E-state index contributed by atoms with van der Waals surface area (Å²) < 4.78 is 0. The maximum atomic E-state index is 12.3. The average molecular weight is 352 g/mol. The molecule has 6 nitrogen and oxygen atoms in total. The SMILES string of the molecule is CC(C)(C)NC(N)=NCC(=O)N1CCN(c2ccc(Cl)cc2)CC1. The molecule has 0 aromatic heterocycles. The monoisotopic (exact) mass is 351 g/mol. The van der Waals surface area contributed by atoms with Crippen molar-refractivity contribution in [2.75, 3.05) is 37.6 Å². The number of carbonyl (C=O) groups is 1. The van der Waals surface area contributed by atoms with Gasteiger partial charge < -0.3 is 20.9 Å². The summed E-state index contributed by atoms with van der Waals surface area (Å²) in [6.45, 7) is 9.02. The van der Waals surface area contributed by atoms with E-state index >= 15 is 0 Å². The van der Waals surface area contributed by atoms with Gasteiger partial charge in [-0.1, -0.05) is 11.6 Å². The number of rotatable bonds is 3. The minimum Gasteiger partial charge on any atom is -0.370 e. The quantitative estimate of drug-likeness (QED) is 0.642. The topological polar surface area (TPSA) is 74.0 Å². The molecular weight excluding hydrogens is 326 g/mol. The Morgan fingerprint density at radius 2 is 1.79 bits per heavy atom. The second-order valence-electron chi connectivity index (χ2n) is 6.92. The molecule has 1 aliphatic rings. The van der Waals surface area contributed by atoms with E-state index in [0.717, 1.165) is 23.8 Å². The molecule has 1 aromatic rings. The van der Waals surface area contributed by atoms with E-state index in [4.69, 9.17) is 17.3 Å². The Bertz CT molecular complexity index is 586. The fourth-order valence-electron chi connectivity index (χ4n) is 2.54. The zero-order valence-corrected chi connectivity index (χ0v) is 15.3. The molecule has 1 heterocycles. The third-order valence-corrected chi connectivity index (χ3v) is 3.96. The van der Waals surface area contributed by atoms with Gasteiger partial charge in [0.05, 0.1) is 0 Å². The van der Waals surface area contributed by atoms with Gasteiger partial charge in [-0.25, -0.2) is 4.99 Å². The Hall–Kier alpha value is -1.95. The molecule has 1 amide bonds. The number of nitrogens with one attached hydrogen (secondary N) is 1. The second-order valence-corrected chi connectivity index (χ2v) is 7.36. The van der Waals surface area contributed by atoms with Gasteiger partial charge in [0.2, 0.25) is 5.91 Å². The summed E-state index contributed by atoms with van der Waals surface area (Å²) in [7, 11) is 0. The van der Waals surface area contributed by atoms with Crippen LogP contribution < -0.4 is 16.0 Å². The van der Waals surface area contributed by atoms with Crippen LogP contribution in [0.3, 0.4) is 0 Å². The van der Waals surface area contributed by atoms with Gasteiger partial charge in [-0.3, -0.25) is 4.79 Å². The molecule has 0 atom stereocenters. The van der Waals surface area contributed by atoms with E-state index in [1.807, 2.05) is 49.9 Å². The first-order valence-electron chi connectivity index (χ1n) is 8.11. The molecule has 132 valence electrons. The van der Waals surface area contributed by atoms with Crippen molar-refractivity contribution in [1.82, 2.24) is 10.2 Å². The molecule has 1 saturated heterocycles. The largest absolute Gasteiger partial charge is 0.370 e. The second kappa shape index (κ2) is 7.75. The number of anilines is 1. The Morgan fingerprint density at radius 3 is 2.33 bits per heavy atom. The number of carbonyl (C=O) groups excluding carboxylic acids is 1. The molecule has 1 fully saturated rings. The van der Waals surface area contributed by atoms with Crippen molar-refractivity contribution in [1.29, 1.82) is 0 Å². The van der Waals surface area contributed by atoms with Crippen LogP contribution in [0.25, 0.3) is 0 Å². The Labute approximate surface area is 148 Å². The fraction of sp³-hybridized carbons (Fsp3) is 0.529. The van der Waals surface area contributed by atoms with Crippen LogP contribution in [0, 0.1) is 0 Å². The molecule has 3 N–H and O–H groups in total. The minimum absolute atomic E-state index is 0.00409. The number of amides is 1. The van der Waals surface area contributed by atoms with Crippen LogP contribution in [0.1, 0.15) is 20.8 Å². The maximum absolute atomic E-state index is 12.3. The van der Waals surface area contributed by atoms with E-state index in [2.05, 4.69) is 15.2 Å². The number of hydrogen-bond acceptors (Lipinski definition) is 3. The molecule has 0 spiro atoms. The number of guanidine groups is 1. The van der Waals surface area contributed by atoms with Gasteiger partial charge in [0.25, 0.3) is 0 Å². The summed E-state index contributed by atoms with van der Waals surface area (Å²) in [5.41, 5.74) is 6.76. The van der Waals surface area contributed by atoms with Gasteiger partial charge in [0, 0.05) is 42.4 Å². The molecule has 2 rings (SSSR count). The van der Waals surface area contributed by atoms with Crippen LogP contribution in [0.5, 0.6) is 0 Å². The van der Waals surface area contributed by atoms with Crippen LogP contribution in [0.4, 0.5) is 5.69 Å². The first kappa shape index (κ1) is 18.4. The average Bonchev–Trinajstić information content (AvgIpc) is 2.52.